The first-order valence-corrected chi connectivity index (χ1v) is 3.21. The van der Waals surface area contributed by atoms with Crippen LogP contribution in [-0.2, 0) is 9.53 Å². The summed E-state index contributed by atoms with van der Waals surface area (Å²) in [6, 6.07) is 0. The standard InChI is InChI=1S/C7H12O3/c1-3-5-10-6(4-2)7(8)9/h3,5-6H,4H2,1-2H3,(H,8,9). The average molecular weight is 144 g/mol. The van der Waals surface area contributed by atoms with E-state index in [4.69, 9.17) is 9.84 Å². The van der Waals surface area contributed by atoms with E-state index in [0.717, 1.165) is 0 Å². The number of rotatable bonds is 4. The van der Waals surface area contributed by atoms with Gasteiger partial charge in [-0.3, -0.25) is 0 Å². The quantitative estimate of drug-likeness (QED) is 0.606. The zero-order valence-corrected chi connectivity index (χ0v) is 6.20. The minimum Gasteiger partial charge on any atom is -0.487 e. The summed E-state index contributed by atoms with van der Waals surface area (Å²) in [7, 11) is 0. The predicted molar refractivity (Wildman–Crippen MR) is 37.6 cm³/mol. The fourth-order valence-corrected chi connectivity index (χ4v) is 0.502. The van der Waals surface area contributed by atoms with Gasteiger partial charge in [0.2, 0.25) is 0 Å². The molecule has 1 N–H and O–H groups in total. The van der Waals surface area contributed by atoms with Crippen molar-refractivity contribution in [2.75, 3.05) is 0 Å². The van der Waals surface area contributed by atoms with Crippen molar-refractivity contribution in [2.24, 2.45) is 0 Å². The number of aliphatic carboxylic acids is 1. The number of carboxylic acids is 1. The normalized spacial score (nSPS) is 13.4. The van der Waals surface area contributed by atoms with Crippen molar-refractivity contribution < 1.29 is 14.6 Å². The lowest BCUT2D eigenvalue weighted by molar-refractivity contribution is -0.147. The molecule has 0 bridgehead atoms. The summed E-state index contributed by atoms with van der Waals surface area (Å²) in [5, 5.41) is 8.44. The van der Waals surface area contributed by atoms with Crippen molar-refractivity contribution in [3.05, 3.63) is 12.3 Å². The number of hydrogen-bond donors (Lipinski definition) is 1. The van der Waals surface area contributed by atoms with Gasteiger partial charge in [-0.05, 0) is 13.3 Å². The summed E-state index contributed by atoms with van der Waals surface area (Å²) in [5.41, 5.74) is 0. The van der Waals surface area contributed by atoms with Crippen molar-refractivity contribution in [3.63, 3.8) is 0 Å². The summed E-state index contributed by atoms with van der Waals surface area (Å²) in [4.78, 5) is 10.3. The molecule has 0 aliphatic rings. The van der Waals surface area contributed by atoms with Gasteiger partial charge in [0.1, 0.15) is 0 Å². The molecule has 0 fully saturated rings. The van der Waals surface area contributed by atoms with E-state index in [9.17, 15) is 4.79 Å². The molecule has 58 valence electrons. The molecule has 0 rings (SSSR count). The van der Waals surface area contributed by atoms with Crippen LogP contribution in [0.25, 0.3) is 0 Å². The Morgan fingerprint density at radius 2 is 2.40 bits per heavy atom. The lowest BCUT2D eigenvalue weighted by Gasteiger charge is -2.07. The summed E-state index contributed by atoms with van der Waals surface area (Å²) >= 11 is 0. The first-order chi connectivity index (χ1) is 4.72. The highest BCUT2D eigenvalue weighted by molar-refractivity contribution is 5.72. The Kier molecular flexibility index (Phi) is 4.37. The molecule has 3 nitrogen and oxygen atoms in total. The van der Waals surface area contributed by atoms with Crippen LogP contribution in [0.5, 0.6) is 0 Å². The SMILES string of the molecule is CC=COC(CC)C(=O)O. The molecule has 0 aromatic rings. The van der Waals surface area contributed by atoms with E-state index < -0.39 is 12.1 Å². The van der Waals surface area contributed by atoms with E-state index in [1.54, 1.807) is 19.9 Å². The average Bonchev–Trinajstić information content (AvgIpc) is 1.89. The predicted octanol–water partition coefficient (Wildman–Crippen LogP) is 1.40. The van der Waals surface area contributed by atoms with E-state index in [-0.39, 0.29) is 0 Å². The summed E-state index contributed by atoms with van der Waals surface area (Å²) in [6.07, 6.45) is 2.84. The Morgan fingerprint density at radius 3 is 2.70 bits per heavy atom. The highest BCUT2D eigenvalue weighted by atomic mass is 16.5. The van der Waals surface area contributed by atoms with Crippen LogP contribution in [0, 0.1) is 0 Å². The second-order valence-corrected chi connectivity index (χ2v) is 1.84. The van der Waals surface area contributed by atoms with Gasteiger partial charge in [0.15, 0.2) is 6.10 Å². The van der Waals surface area contributed by atoms with Crippen molar-refractivity contribution in [2.45, 2.75) is 26.4 Å². The first kappa shape index (κ1) is 9.01. The molecule has 0 aromatic heterocycles. The zero-order chi connectivity index (χ0) is 7.98. The molecular formula is C7H12O3. The number of ether oxygens (including phenoxy) is 1. The van der Waals surface area contributed by atoms with Crippen LogP contribution >= 0.6 is 0 Å². The molecule has 10 heavy (non-hydrogen) atoms. The Bertz CT molecular complexity index is 129. The van der Waals surface area contributed by atoms with Crippen molar-refractivity contribution in [1.29, 1.82) is 0 Å². The minimum absolute atomic E-state index is 0.486. The summed E-state index contributed by atoms with van der Waals surface area (Å²) in [5.74, 6) is -0.916. The maximum atomic E-state index is 10.3. The maximum Gasteiger partial charge on any atom is 0.344 e. The molecule has 0 aliphatic carbocycles. The van der Waals surface area contributed by atoms with Crippen LogP contribution in [0.2, 0.25) is 0 Å². The third kappa shape index (κ3) is 3.12. The van der Waals surface area contributed by atoms with Gasteiger partial charge >= 0.3 is 5.97 Å². The first-order valence-electron chi connectivity index (χ1n) is 3.21. The molecule has 0 amide bonds. The molecule has 0 saturated carbocycles. The largest absolute Gasteiger partial charge is 0.487 e. The molecule has 1 atom stereocenters. The van der Waals surface area contributed by atoms with Gasteiger partial charge in [0, 0.05) is 0 Å². The highest BCUT2D eigenvalue weighted by Gasteiger charge is 2.13. The molecule has 0 spiro atoms. The minimum atomic E-state index is -0.916. The number of carboxylic acid groups (broad SMARTS) is 1. The van der Waals surface area contributed by atoms with Crippen molar-refractivity contribution in [1.82, 2.24) is 0 Å². The Hall–Kier alpha value is -0.990. The molecule has 1 unspecified atom stereocenters. The van der Waals surface area contributed by atoms with Gasteiger partial charge in [0.25, 0.3) is 0 Å². The smallest absolute Gasteiger partial charge is 0.344 e. The molecular weight excluding hydrogens is 132 g/mol. The molecule has 0 aliphatic heterocycles. The van der Waals surface area contributed by atoms with Gasteiger partial charge in [0.05, 0.1) is 6.26 Å². The molecule has 0 radical (unpaired) electrons. The van der Waals surface area contributed by atoms with E-state index in [1.165, 1.54) is 6.26 Å². The third-order valence-electron chi connectivity index (χ3n) is 1.03. The van der Waals surface area contributed by atoms with Gasteiger partial charge in [-0.15, -0.1) is 0 Å². The summed E-state index contributed by atoms with van der Waals surface area (Å²) in [6.45, 7) is 3.54. The second kappa shape index (κ2) is 4.85. The Labute approximate surface area is 60.3 Å². The monoisotopic (exact) mass is 144 g/mol. The Morgan fingerprint density at radius 1 is 1.80 bits per heavy atom. The molecule has 0 heterocycles. The highest BCUT2D eigenvalue weighted by Crippen LogP contribution is 1.97. The molecule has 0 saturated heterocycles. The van der Waals surface area contributed by atoms with Crippen molar-refractivity contribution >= 4 is 5.97 Å². The lowest BCUT2D eigenvalue weighted by Crippen LogP contribution is -2.20. The zero-order valence-electron chi connectivity index (χ0n) is 6.20. The van der Waals surface area contributed by atoms with Gasteiger partial charge in [-0.1, -0.05) is 13.0 Å². The van der Waals surface area contributed by atoms with Gasteiger partial charge < -0.3 is 9.84 Å². The van der Waals surface area contributed by atoms with Gasteiger partial charge in [-0.25, -0.2) is 4.79 Å². The summed E-state index contributed by atoms with van der Waals surface area (Å²) < 4.78 is 4.82. The van der Waals surface area contributed by atoms with Crippen LogP contribution in [0.3, 0.4) is 0 Å². The fraction of sp³-hybridized carbons (Fsp3) is 0.571. The van der Waals surface area contributed by atoms with Crippen molar-refractivity contribution in [3.8, 4) is 0 Å². The number of carbonyl (C=O) groups is 1. The maximum absolute atomic E-state index is 10.3. The topological polar surface area (TPSA) is 46.5 Å². The number of hydrogen-bond acceptors (Lipinski definition) is 2. The van der Waals surface area contributed by atoms with Crippen LogP contribution in [0.15, 0.2) is 12.3 Å². The Balaban J connectivity index is 3.71. The van der Waals surface area contributed by atoms with Crippen LogP contribution in [0.1, 0.15) is 20.3 Å². The molecule has 0 aromatic carbocycles. The van der Waals surface area contributed by atoms with E-state index in [0.29, 0.717) is 6.42 Å². The van der Waals surface area contributed by atoms with E-state index >= 15 is 0 Å². The third-order valence-corrected chi connectivity index (χ3v) is 1.03. The second-order valence-electron chi connectivity index (χ2n) is 1.84. The van der Waals surface area contributed by atoms with E-state index in [2.05, 4.69) is 0 Å². The fourth-order valence-electron chi connectivity index (χ4n) is 0.502. The van der Waals surface area contributed by atoms with E-state index in [1.807, 2.05) is 0 Å². The van der Waals surface area contributed by atoms with Gasteiger partial charge in [-0.2, -0.15) is 0 Å². The van der Waals surface area contributed by atoms with Crippen LogP contribution < -0.4 is 0 Å². The van der Waals surface area contributed by atoms with Crippen LogP contribution in [0.4, 0.5) is 0 Å². The van der Waals surface area contributed by atoms with Crippen LogP contribution in [-0.4, -0.2) is 17.2 Å². The number of allylic oxidation sites excluding steroid dienone is 1. The molecule has 3 heteroatoms. The lowest BCUT2D eigenvalue weighted by atomic mass is 10.3.